The lowest BCUT2D eigenvalue weighted by atomic mass is 10.1. The number of nitrogens with one attached hydrogen (secondary N) is 1. The molecular formula is C15H19N3O2. The Morgan fingerprint density at radius 3 is 2.80 bits per heavy atom. The van der Waals surface area contributed by atoms with Crippen molar-refractivity contribution in [1.82, 2.24) is 9.97 Å². The van der Waals surface area contributed by atoms with Crippen molar-refractivity contribution in [2.24, 2.45) is 5.73 Å². The van der Waals surface area contributed by atoms with Crippen LogP contribution in [0.4, 0.5) is 0 Å². The van der Waals surface area contributed by atoms with Gasteiger partial charge in [-0.1, -0.05) is 17.7 Å². The number of nitrogens with two attached hydrogens (primary N) is 1. The van der Waals surface area contributed by atoms with E-state index in [1.54, 1.807) is 0 Å². The molecule has 0 atom stereocenters. The first-order chi connectivity index (χ1) is 9.58. The van der Waals surface area contributed by atoms with Crippen molar-refractivity contribution in [3.8, 4) is 5.75 Å². The van der Waals surface area contributed by atoms with Gasteiger partial charge in [0.25, 0.3) is 5.56 Å². The molecule has 1 aromatic heterocycles. The molecule has 0 unspecified atom stereocenters. The van der Waals surface area contributed by atoms with E-state index in [-0.39, 0.29) is 12.1 Å². The number of hydrogen-bond donors (Lipinski definition) is 2. The number of H-pyrrole nitrogens is 1. The van der Waals surface area contributed by atoms with E-state index in [0.717, 1.165) is 11.3 Å². The fraction of sp³-hybridized carbons (Fsp3) is 0.333. The number of rotatable bonds is 5. The maximum Gasteiger partial charge on any atom is 0.251 e. The molecular weight excluding hydrogens is 254 g/mol. The summed E-state index contributed by atoms with van der Waals surface area (Å²) in [5.74, 6) is 1.45. The zero-order chi connectivity index (χ0) is 14.5. The van der Waals surface area contributed by atoms with E-state index in [4.69, 9.17) is 10.5 Å². The smallest absolute Gasteiger partial charge is 0.251 e. The van der Waals surface area contributed by atoms with Gasteiger partial charge < -0.3 is 15.5 Å². The van der Waals surface area contributed by atoms with Gasteiger partial charge in [-0.25, -0.2) is 4.98 Å². The summed E-state index contributed by atoms with van der Waals surface area (Å²) < 4.78 is 5.72. The van der Waals surface area contributed by atoms with Crippen molar-refractivity contribution in [2.45, 2.75) is 26.8 Å². The molecule has 0 fully saturated rings. The topological polar surface area (TPSA) is 81.0 Å². The first-order valence-corrected chi connectivity index (χ1v) is 6.57. The summed E-state index contributed by atoms with van der Waals surface area (Å²) in [5, 5.41) is 0. The molecule has 106 valence electrons. The Bertz CT molecular complexity index is 650. The van der Waals surface area contributed by atoms with Crippen LogP contribution in [0.25, 0.3) is 0 Å². The van der Waals surface area contributed by atoms with Crippen molar-refractivity contribution in [3.63, 3.8) is 0 Å². The molecule has 0 spiro atoms. The van der Waals surface area contributed by atoms with Crippen LogP contribution in [-0.4, -0.2) is 16.6 Å². The third kappa shape index (κ3) is 3.68. The van der Waals surface area contributed by atoms with Crippen molar-refractivity contribution >= 4 is 0 Å². The number of benzene rings is 1. The third-order valence-corrected chi connectivity index (χ3v) is 2.98. The number of nitrogens with zero attached hydrogens (tertiary/aromatic N) is 1. The number of aromatic amines is 1. The lowest BCUT2D eigenvalue weighted by Crippen LogP contribution is -2.16. The van der Waals surface area contributed by atoms with Crippen LogP contribution in [0.1, 0.15) is 22.6 Å². The Hall–Kier alpha value is -2.14. The quantitative estimate of drug-likeness (QED) is 0.864. The molecule has 5 heteroatoms. The molecule has 0 saturated heterocycles. The van der Waals surface area contributed by atoms with E-state index in [2.05, 4.69) is 16.0 Å². The van der Waals surface area contributed by atoms with Crippen LogP contribution in [0, 0.1) is 13.8 Å². The SMILES string of the molecule is Cc1ccc(OCCc2nc(CN)cc(=O)[nH]2)c(C)c1. The second kappa shape index (κ2) is 6.34. The number of ether oxygens (including phenoxy) is 1. The second-order valence-corrected chi connectivity index (χ2v) is 4.75. The van der Waals surface area contributed by atoms with E-state index < -0.39 is 0 Å². The summed E-state index contributed by atoms with van der Waals surface area (Å²) in [4.78, 5) is 18.4. The zero-order valence-corrected chi connectivity index (χ0v) is 11.8. The highest BCUT2D eigenvalue weighted by Crippen LogP contribution is 2.18. The standard InChI is InChI=1S/C15H19N3O2/c1-10-3-4-13(11(2)7-10)20-6-5-14-17-12(9-16)8-15(19)18-14/h3-4,7-8H,5-6,9,16H2,1-2H3,(H,17,18,19). The normalized spacial score (nSPS) is 10.6. The zero-order valence-electron chi connectivity index (χ0n) is 11.8. The minimum atomic E-state index is -0.179. The molecule has 0 aliphatic rings. The Balaban J connectivity index is 1.99. The van der Waals surface area contributed by atoms with Crippen molar-refractivity contribution < 1.29 is 4.74 Å². The van der Waals surface area contributed by atoms with Gasteiger partial charge in [-0.15, -0.1) is 0 Å². The summed E-state index contributed by atoms with van der Waals surface area (Å²) in [5.41, 5.74) is 8.21. The van der Waals surface area contributed by atoms with E-state index in [9.17, 15) is 4.79 Å². The van der Waals surface area contributed by atoms with Crippen molar-refractivity contribution in [3.05, 3.63) is 57.3 Å². The van der Waals surface area contributed by atoms with Gasteiger partial charge in [-0.2, -0.15) is 0 Å². The molecule has 0 bridgehead atoms. The third-order valence-electron chi connectivity index (χ3n) is 2.98. The van der Waals surface area contributed by atoms with Crippen LogP contribution in [0.15, 0.2) is 29.1 Å². The maximum atomic E-state index is 11.4. The van der Waals surface area contributed by atoms with Crippen LogP contribution in [0.3, 0.4) is 0 Å². The van der Waals surface area contributed by atoms with Crippen LogP contribution >= 0.6 is 0 Å². The fourth-order valence-corrected chi connectivity index (χ4v) is 2.01. The molecule has 2 aromatic rings. The van der Waals surface area contributed by atoms with E-state index >= 15 is 0 Å². The molecule has 1 heterocycles. The molecule has 5 nitrogen and oxygen atoms in total. The average molecular weight is 273 g/mol. The van der Waals surface area contributed by atoms with Gasteiger partial charge >= 0.3 is 0 Å². The summed E-state index contributed by atoms with van der Waals surface area (Å²) >= 11 is 0. The van der Waals surface area contributed by atoms with Crippen molar-refractivity contribution in [1.29, 1.82) is 0 Å². The predicted molar refractivity (Wildman–Crippen MR) is 77.9 cm³/mol. The number of hydrogen-bond acceptors (Lipinski definition) is 4. The van der Waals surface area contributed by atoms with Crippen LogP contribution < -0.4 is 16.0 Å². The Morgan fingerprint density at radius 1 is 1.30 bits per heavy atom. The summed E-state index contributed by atoms with van der Waals surface area (Å²) in [7, 11) is 0. The van der Waals surface area contributed by atoms with Crippen LogP contribution in [0.2, 0.25) is 0 Å². The molecule has 20 heavy (non-hydrogen) atoms. The Labute approximate surface area is 117 Å². The minimum absolute atomic E-state index is 0.179. The molecule has 0 amide bonds. The summed E-state index contributed by atoms with van der Waals surface area (Å²) in [6, 6.07) is 7.45. The molecule has 0 aliphatic carbocycles. The minimum Gasteiger partial charge on any atom is -0.493 e. The maximum absolute atomic E-state index is 11.4. The molecule has 2 rings (SSSR count). The molecule has 1 aromatic carbocycles. The van der Waals surface area contributed by atoms with Crippen LogP contribution in [-0.2, 0) is 13.0 Å². The highest BCUT2D eigenvalue weighted by Gasteiger charge is 2.03. The second-order valence-electron chi connectivity index (χ2n) is 4.75. The van der Waals surface area contributed by atoms with Gasteiger partial charge in [-0.3, -0.25) is 4.79 Å². The highest BCUT2D eigenvalue weighted by molar-refractivity contribution is 5.35. The first kappa shape index (κ1) is 14.3. The van der Waals surface area contributed by atoms with Crippen LogP contribution in [0.5, 0.6) is 5.75 Å². The van der Waals surface area contributed by atoms with E-state index in [0.29, 0.717) is 24.5 Å². The Kier molecular flexibility index (Phi) is 4.53. The molecule has 0 aliphatic heterocycles. The van der Waals surface area contributed by atoms with Gasteiger partial charge in [0.2, 0.25) is 0 Å². The van der Waals surface area contributed by atoms with Gasteiger partial charge in [0, 0.05) is 19.0 Å². The summed E-state index contributed by atoms with van der Waals surface area (Å²) in [6.07, 6.45) is 0.538. The summed E-state index contributed by atoms with van der Waals surface area (Å²) in [6.45, 7) is 4.77. The van der Waals surface area contributed by atoms with Crippen molar-refractivity contribution in [2.75, 3.05) is 6.61 Å². The fourth-order valence-electron chi connectivity index (χ4n) is 2.01. The molecule has 3 N–H and O–H groups in total. The monoisotopic (exact) mass is 273 g/mol. The highest BCUT2D eigenvalue weighted by atomic mass is 16.5. The Morgan fingerprint density at radius 2 is 2.10 bits per heavy atom. The lowest BCUT2D eigenvalue weighted by Gasteiger charge is -2.09. The van der Waals surface area contributed by atoms with Gasteiger partial charge in [0.1, 0.15) is 11.6 Å². The number of aryl methyl sites for hydroxylation is 2. The van der Waals surface area contributed by atoms with Gasteiger partial charge in [0.05, 0.1) is 12.3 Å². The first-order valence-electron chi connectivity index (χ1n) is 6.57. The predicted octanol–water partition coefficient (Wildman–Crippen LogP) is 1.47. The van der Waals surface area contributed by atoms with Gasteiger partial charge in [-0.05, 0) is 25.5 Å². The number of aromatic nitrogens is 2. The average Bonchev–Trinajstić information content (AvgIpc) is 2.40. The van der Waals surface area contributed by atoms with Gasteiger partial charge in [0.15, 0.2) is 0 Å². The molecule has 0 saturated carbocycles. The van der Waals surface area contributed by atoms with E-state index in [1.807, 2.05) is 26.0 Å². The lowest BCUT2D eigenvalue weighted by molar-refractivity contribution is 0.316. The molecule has 0 radical (unpaired) electrons. The van der Waals surface area contributed by atoms with E-state index in [1.165, 1.54) is 11.6 Å². The largest absolute Gasteiger partial charge is 0.493 e.